The number of hydrogen-bond acceptors (Lipinski definition) is 6. The molecule has 0 saturated carbocycles. The smallest absolute Gasteiger partial charge is 0.239 e. The Morgan fingerprint density at radius 3 is 2.38 bits per heavy atom. The van der Waals surface area contributed by atoms with E-state index in [1.54, 1.807) is 11.8 Å². The summed E-state index contributed by atoms with van der Waals surface area (Å²) in [6.07, 6.45) is 1.86. The summed E-state index contributed by atoms with van der Waals surface area (Å²) in [5.74, 6) is 2.38. The molecule has 1 unspecified atom stereocenters. The Balaban J connectivity index is 1.87. The second-order valence-electron chi connectivity index (χ2n) is 8.44. The van der Waals surface area contributed by atoms with E-state index in [1.807, 2.05) is 26.8 Å². The van der Waals surface area contributed by atoms with Crippen LogP contribution in [-0.4, -0.2) is 24.9 Å². The zero-order valence-electron chi connectivity index (χ0n) is 18.0. The van der Waals surface area contributed by atoms with E-state index in [2.05, 4.69) is 76.5 Å². The molecule has 1 atom stereocenters. The maximum atomic E-state index is 5.44. The van der Waals surface area contributed by atoms with Gasteiger partial charge in [-0.15, -0.1) is 16.8 Å². The Hall–Kier alpha value is -2.41. The Labute approximate surface area is 176 Å². The summed E-state index contributed by atoms with van der Waals surface area (Å²) in [5.41, 5.74) is 2.44. The van der Waals surface area contributed by atoms with Crippen LogP contribution in [0.1, 0.15) is 70.0 Å². The standard InChI is InChI=1S/C22H29N5OS/c1-8-13-27-19(16-9-11-17(12-10-16)22(5,6)7)24-25-21(27)29-15(4)20-23-18(14(2)3)26-28-20/h8-12,14-15H,1,13H2,2-7H3. The lowest BCUT2D eigenvalue weighted by Gasteiger charge is -2.19. The fourth-order valence-corrected chi connectivity index (χ4v) is 3.75. The number of allylic oxidation sites excluding steroid dienone is 1. The summed E-state index contributed by atoms with van der Waals surface area (Å²) in [5, 5.41) is 13.7. The third-order valence-electron chi connectivity index (χ3n) is 4.64. The van der Waals surface area contributed by atoms with Crippen LogP contribution in [0, 0.1) is 0 Å². The molecule has 0 N–H and O–H groups in total. The van der Waals surface area contributed by atoms with E-state index in [1.165, 1.54) is 5.56 Å². The van der Waals surface area contributed by atoms with E-state index in [0.717, 1.165) is 22.4 Å². The molecule has 2 heterocycles. The highest BCUT2D eigenvalue weighted by Gasteiger charge is 2.22. The topological polar surface area (TPSA) is 69.6 Å². The largest absolute Gasteiger partial charge is 0.338 e. The summed E-state index contributed by atoms with van der Waals surface area (Å²) < 4.78 is 7.51. The molecule has 3 rings (SSSR count). The molecule has 2 aromatic heterocycles. The molecule has 0 amide bonds. The first-order chi connectivity index (χ1) is 13.7. The number of thioether (sulfide) groups is 1. The Morgan fingerprint density at radius 2 is 1.83 bits per heavy atom. The van der Waals surface area contributed by atoms with Crippen molar-refractivity contribution in [2.45, 2.75) is 69.8 Å². The lowest BCUT2D eigenvalue weighted by Crippen LogP contribution is -2.10. The van der Waals surface area contributed by atoms with Crippen molar-refractivity contribution in [3.63, 3.8) is 0 Å². The van der Waals surface area contributed by atoms with Crippen molar-refractivity contribution < 1.29 is 4.52 Å². The van der Waals surface area contributed by atoms with Gasteiger partial charge in [0.2, 0.25) is 5.89 Å². The summed E-state index contributed by atoms with van der Waals surface area (Å²) in [6, 6.07) is 8.52. The van der Waals surface area contributed by atoms with Gasteiger partial charge >= 0.3 is 0 Å². The van der Waals surface area contributed by atoms with Gasteiger partial charge in [0.05, 0.1) is 5.25 Å². The van der Waals surface area contributed by atoms with Gasteiger partial charge in [-0.25, -0.2) is 0 Å². The monoisotopic (exact) mass is 411 g/mol. The highest BCUT2D eigenvalue weighted by Crippen LogP contribution is 2.35. The van der Waals surface area contributed by atoms with E-state index in [0.29, 0.717) is 12.4 Å². The predicted octanol–water partition coefficient (Wildman–Crippen LogP) is 5.79. The summed E-state index contributed by atoms with van der Waals surface area (Å²) in [4.78, 5) is 4.50. The van der Waals surface area contributed by atoms with Crippen LogP contribution >= 0.6 is 11.8 Å². The average molecular weight is 412 g/mol. The van der Waals surface area contributed by atoms with E-state index in [9.17, 15) is 0 Å². The van der Waals surface area contributed by atoms with Crippen LogP contribution in [0.2, 0.25) is 0 Å². The van der Waals surface area contributed by atoms with E-state index in [4.69, 9.17) is 4.52 Å². The molecule has 7 heteroatoms. The highest BCUT2D eigenvalue weighted by atomic mass is 32.2. The lowest BCUT2D eigenvalue weighted by atomic mass is 9.87. The van der Waals surface area contributed by atoms with Crippen molar-refractivity contribution in [1.82, 2.24) is 24.9 Å². The van der Waals surface area contributed by atoms with Gasteiger partial charge in [0, 0.05) is 18.0 Å². The SMILES string of the molecule is C=CCn1c(SC(C)c2nc(C(C)C)no2)nnc1-c1ccc(C(C)(C)C)cc1. The molecule has 0 aliphatic rings. The molecule has 0 spiro atoms. The molecule has 29 heavy (non-hydrogen) atoms. The Morgan fingerprint density at radius 1 is 1.14 bits per heavy atom. The van der Waals surface area contributed by atoms with Crippen molar-refractivity contribution in [2.24, 2.45) is 0 Å². The molecule has 154 valence electrons. The van der Waals surface area contributed by atoms with Gasteiger partial charge in [0.1, 0.15) is 0 Å². The predicted molar refractivity (Wildman–Crippen MR) is 117 cm³/mol. The van der Waals surface area contributed by atoms with Gasteiger partial charge in [-0.1, -0.05) is 81.9 Å². The van der Waals surface area contributed by atoms with Crippen molar-refractivity contribution in [2.75, 3.05) is 0 Å². The summed E-state index contributed by atoms with van der Waals surface area (Å²) in [7, 11) is 0. The number of benzene rings is 1. The fraction of sp³-hybridized carbons (Fsp3) is 0.455. The number of rotatable bonds is 7. The Bertz CT molecular complexity index is 966. The third kappa shape index (κ3) is 4.78. The van der Waals surface area contributed by atoms with Crippen LogP contribution in [0.5, 0.6) is 0 Å². The van der Waals surface area contributed by atoms with Gasteiger partial charge in [0.25, 0.3) is 0 Å². The van der Waals surface area contributed by atoms with Crippen LogP contribution in [-0.2, 0) is 12.0 Å². The zero-order valence-corrected chi connectivity index (χ0v) is 18.8. The molecule has 0 bridgehead atoms. The van der Waals surface area contributed by atoms with Crippen LogP contribution in [0.25, 0.3) is 11.4 Å². The molecular formula is C22H29N5OS. The second kappa shape index (κ2) is 8.53. The first kappa shape index (κ1) is 21.3. The van der Waals surface area contributed by atoms with Crippen molar-refractivity contribution in [3.8, 4) is 11.4 Å². The highest BCUT2D eigenvalue weighted by molar-refractivity contribution is 7.99. The van der Waals surface area contributed by atoms with Crippen molar-refractivity contribution in [1.29, 1.82) is 0 Å². The second-order valence-corrected chi connectivity index (χ2v) is 9.75. The summed E-state index contributed by atoms with van der Waals surface area (Å²) in [6.45, 7) is 17.3. The number of nitrogens with zero attached hydrogens (tertiary/aromatic N) is 5. The van der Waals surface area contributed by atoms with Crippen molar-refractivity contribution >= 4 is 11.8 Å². The van der Waals surface area contributed by atoms with Crippen molar-refractivity contribution in [3.05, 3.63) is 54.2 Å². The van der Waals surface area contributed by atoms with Gasteiger partial charge in [-0.05, 0) is 17.9 Å². The van der Waals surface area contributed by atoms with E-state index >= 15 is 0 Å². The minimum absolute atomic E-state index is 0.0288. The molecule has 0 aliphatic heterocycles. The van der Waals surface area contributed by atoms with Gasteiger partial charge in [0.15, 0.2) is 16.8 Å². The van der Waals surface area contributed by atoms with Gasteiger partial charge in [-0.2, -0.15) is 4.98 Å². The van der Waals surface area contributed by atoms with Gasteiger partial charge in [-0.3, -0.25) is 4.57 Å². The molecule has 0 saturated heterocycles. The number of aromatic nitrogens is 5. The molecule has 1 aromatic carbocycles. The van der Waals surface area contributed by atoms with Crippen LogP contribution in [0.4, 0.5) is 0 Å². The molecule has 0 fully saturated rings. The molecule has 0 aliphatic carbocycles. The van der Waals surface area contributed by atoms with Crippen LogP contribution in [0.3, 0.4) is 0 Å². The maximum Gasteiger partial charge on any atom is 0.239 e. The number of hydrogen-bond donors (Lipinski definition) is 0. The van der Waals surface area contributed by atoms with Crippen LogP contribution in [0.15, 0.2) is 46.6 Å². The first-order valence-corrected chi connectivity index (χ1v) is 10.7. The maximum absolute atomic E-state index is 5.44. The summed E-state index contributed by atoms with van der Waals surface area (Å²) >= 11 is 1.56. The van der Waals surface area contributed by atoms with E-state index < -0.39 is 0 Å². The minimum atomic E-state index is -0.0288. The minimum Gasteiger partial charge on any atom is -0.338 e. The van der Waals surface area contributed by atoms with Crippen LogP contribution < -0.4 is 0 Å². The van der Waals surface area contributed by atoms with Gasteiger partial charge < -0.3 is 4.52 Å². The Kier molecular flexibility index (Phi) is 6.27. The van der Waals surface area contributed by atoms with E-state index in [-0.39, 0.29) is 16.6 Å². The first-order valence-electron chi connectivity index (χ1n) is 9.86. The third-order valence-corrected chi connectivity index (χ3v) is 5.71. The normalized spacial score (nSPS) is 13.1. The molecule has 6 nitrogen and oxygen atoms in total. The molecular weight excluding hydrogens is 382 g/mol. The molecule has 3 aromatic rings. The fourth-order valence-electron chi connectivity index (χ4n) is 2.86. The lowest BCUT2D eigenvalue weighted by molar-refractivity contribution is 0.373. The zero-order chi connectivity index (χ0) is 21.2. The quantitative estimate of drug-likeness (QED) is 0.362. The average Bonchev–Trinajstić information content (AvgIpc) is 3.30. The molecule has 0 radical (unpaired) electrons.